The van der Waals surface area contributed by atoms with Crippen molar-refractivity contribution in [3.8, 4) is 0 Å². The summed E-state index contributed by atoms with van der Waals surface area (Å²) in [5.41, 5.74) is 4.84. The van der Waals surface area contributed by atoms with E-state index in [4.69, 9.17) is 15.9 Å². The van der Waals surface area contributed by atoms with Crippen LogP contribution in [-0.2, 0) is 9.59 Å². The predicted octanol–water partition coefficient (Wildman–Crippen LogP) is -6.48. The molecule has 1 atom stereocenters. The van der Waals surface area contributed by atoms with Gasteiger partial charge >= 0.3 is 63.3 Å². The second-order valence-electron chi connectivity index (χ2n) is 1.54. The van der Waals surface area contributed by atoms with Crippen molar-refractivity contribution in [3.63, 3.8) is 0 Å². The molecule has 8 nitrogen and oxygen atoms in total. The number of nitrogens with two attached hydrogens (primary N) is 1. The van der Waals surface area contributed by atoms with Gasteiger partial charge in [-0.2, -0.15) is 0 Å². The van der Waals surface area contributed by atoms with Gasteiger partial charge < -0.3 is 33.8 Å². The maximum atomic E-state index is 9.85. The zero-order valence-corrected chi connectivity index (χ0v) is 10.2. The number of aliphatic carboxylic acids is 2. The molecule has 0 fully saturated rings. The van der Waals surface area contributed by atoms with Crippen LogP contribution in [0, 0.1) is 0 Å². The number of carbonyl (C=O) groups is 2. The number of hydrogen-bond acceptors (Lipinski definition) is 3. The first-order chi connectivity index (χ1) is 4.04. The van der Waals surface area contributed by atoms with Crippen LogP contribution in [0.15, 0.2) is 0 Å². The Labute approximate surface area is 118 Å². The second kappa shape index (κ2) is 14.9. The van der Waals surface area contributed by atoms with Gasteiger partial charge in [0.15, 0.2) is 0 Å². The van der Waals surface area contributed by atoms with Gasteiger partial charge in [0.2, 0.25) is 0 Å². The van der Waals surface area contributed by atoms with E-state index in [1.807, 2.05) is 0 Å². The third-order valence-electron chi connectivity index (χ3n) is 0.712. The van der Waals surface area contributed by atoms with E-state index in [1.165, 1.54) is 0 Å². The molecule has 9 heteroatoms. The summed E-state index contributed by atoms with van der Waals surface area (Å²) in [4.78, 5) is 19.6. The van der Waals surface area contributed by atoms with Crippen LogP contribution in [-0.4, -0.2) is 44.6 Å². The molecule has 0 heterocycles. The molecule has 0 radical (unpaired) electrons. The summed E-state index contributed by atoms with van der Waals surface area (Å²) in [6.45, 7) is 0. The Balaban J connectivity index is -0.0000000320. The van der Waals surface area contributed by atoms with E-state index in [0.29, 0.717) is 0 Å². The maximum absolute atomic E-state index is 9.85. The molecule has 1 unspecified atom stereocenters. The quantitative estimate of drug-likeness (QED) is 0.402. The fourth-order valence-electron chi connectivity index (χ4n) is 0.275. The summed E-state index contributed by atoms with van der Waals surface area (Å²) in [6.07, 6.45) is -0.532. The van der Waals surface area contributed by atoms with Gasteiger partial charge in [-0.05, 0) is 0 Å². The van der Waals surface area contributed by atoms with E-state index < -0.39 is 24.4 Å². The number of rotatable bonds is 3. The first-order valence-corrected chi connectivity index (χ1v) is 2.24. The molecule has 0 aliphatic carbocycles. The zero-order chi connectivity index (χ0) is 7.44. The molecular weight excluding hydrogens is 213 g/mol. The van der Waals surface area contributed by atoms with Crippen molar-refractivity contribution >= 4 is 11.9 Å². The van der Waals surface area contributed by atoms with Crippen LogP contribution in [0.2, 0.25) is 0 Å². The van der Waals surface area contributed by atoms with Crippen molar-refractivity contribution in [2.24, 2.45) is 5.73 Å². The summed E-state index contributed by atoms with van der Waals surface area (Å²) < 4.78 is 0. The van der Waals surface area contributed by atoms with Crippen molar-refractivity contribution in [1.82, 2.24) is 0 Å². The first kappa shape index (κ1) is 29.2. The molecule has 0 aromatic heterocycles. The van der Waals surface area contributed by atoms with E-state index in [2.05, 4.69) is 0 Å². The third kappa shape index (κ3) is 19.0. The van der Waals surface area contributed by atoms with E-state index in [1.54, 1.807) is 0 Å². The van der Waals surface area contributed by atoms with Crippen molar-refractivity contribution in [2.45, 2.75) is 12.5 Å². The van der Waals surface area contributed by atoms with Crippen LogP contribution in [0.4, 0.5) is 0 Å². The standard InChI is InChI=1S/C4H7NO4.K.3H2O.H/c5-2(4(8)9)1-3(6)7;;;;;/h2H,1,5H2,(H,6,7)(H,8,9);;3*1H2;/q;+1;;;;-1. The van der Waals surface area contributed by atoms with Gasteiger partial charge in [0.05, 0.1) is 6.42 Å². The summed E-state index contributed by atoms with van der Waals surface area (Å²) in [7, 11) is 0. The van der Waals surface area contributed by atoms with E-state index in [9.17, 15) is 9.59 Å². The molecule has 0 saturated carbocycles. The molecule has 0 spiro atoms. The smallest absolute Gasteiger partial charge is 1.00 e. The minimum atomic E-state index is -1.29. The van der Waals surface area contributed by atoms with Crippen LogP contribution < -0.4 is 57.1 Å². The molecule has 0 aliphatic heterocycles. The Hall–Kier alpha value is 0.416. The Morgan fingerprint density at radius 2 is 1.54 bits per heavy atom. The monoisotopic (exact) mass is 227 g/mol. The Bertz CT molecular complexity index is 146. The van der Waals surface area contributed by atoms with Gasteiger partial charge in [0, 0.05) is 0 Å². The van der Waals surface area contributed by atoms with E-state index >= 15 is 0 Å². The van der Waals surface area contributed by atoms with Crippen LogP contribution in [0.3, 0.4) is 0 Å². The van der Waals surface area contributed by atoms with Crippen molar-refractivity contribution < 1.29 is 89.0 Å². The SMILES string of the molecule is NC(CC(=O)O)C(=O)O.O.O.O.[H-].[K+]. The van der Waals surface area contributed by atoms with E-state index in [0.717, 1.165) is 0 Å². The Morgan fingerprint density at radius 3 is 1.62 bits per heavy atom. The minimum Gasteiger partial charge on any atom is -1.00 e. The average Bonchev–Trinajstić information content (AvgIpc) is 1.63. The van der Waals surface area contributed by atoms with Crippen LogP contribution in [0.1, 0.15) is 7.85 Å². The van der Waals surface area contributed by atoms with E-state index in [-0.39, 0.29) is 69.2 Å². The van der Waals surface area contributed by atoms with Gasteiger partial charge in [0.1, 0.15) is 6.04 Å². The molecule has 78 valence electrons. The molecule has 10 N–H and O–H groups in total. The van der Waals surface area contributed by atoms with Gasteiger partial charge in [-0.25, -0.2) is 0 Å². The van der Waals surface area contributed by atoms with Crippen LogP contribution >= 0.6 is 0 Å². The molecule has 0 aliphatic rings. The van der Waals surface area contributed by atoms with Gasteiger partial charge in [-0.3, -0.25) is 9.59 Å². The van der Waals surface area contributed by atoms with Gasteiger partial charge in [0.25, 0.3) is 0 Å². The molecule has 0 amide bonds. The third-order valence-corrected chi connectivity index (χ3v) is 0.712. The Kier molecular flexibility index (Phi) is 33.5. The fourth-order valence-corrected chi connectivity index (χ4v) is 0.275. The maximum Gasteiger partial charge on any atom is 1.00 e. The number of carboxylic acids is 2. The largest absolute Gasteiger partial charge is 1.00 e. The van der Waals surface area contributed by atoms with Crippen LogP contribution in [0.25, 0.3) is 0 Å². The number of carboxylic acid groups (broad SMARTS) is 2. The summed E-state index contributed by atoms with van der Waals surface area (Å²) in [5, 5.41) is 16.0. The number of hydrogen-bond donors (Lipinski definition) is 3. The fraction of sp³-hybridized carbons (Fsp3) is 0.500. The topological polar surface area (TPSA) is 195 Å². The second-order valence-corrected chi connectivity index (χ2v) is 1.54. The van der Waals surface area contributed by atoms with Gasteiger partial charge in [-0.15, -0.1) is 0 Å². The predicted molar refractivity (Wildman–Crippen MR) is 39.8 cm³/mol. The summed E-state index contributed by atoms with van der Waals surface area (Å²) >= 11 is 0. The van der Waals surface area contributed by atoms with Crippen molar-refractivity contribution in [2.75, 3.05) is 0 Å². The molecule has 0 saturated heterocycles. The normalized spacial score (nSPS) is 8.69. The van der Waals surface area contributed by atoms with Crippen molar-refractivity contribution in [3.05, 3.63) is 0 Å². The van der Waals surface area contributed by atoms with Gasteiger partial charge in [-0.1, -0.05) is 0 Å². The minimum absolute atomic E-state index is 0. The first-order valence-electron chi connectivity index (χ1n) is 2.24. The molecule has 0 aromatic carbocycles. The average molecular weight is 227 g/mol. The molecule has 0 bridgehead atoms. The molecule has 0 rings (SSSR count). The molecule has 13 heavy (non-hydrogen) atoms. The summed E-state index contributed by atoms with van der Waals surface area (Å²) in [5.74, 6) is -2.50. The van der Waals surface area contributed by atoms with Crippen LogP contribution in [0.5, 0.6) is 0 Å². The van der Waals surface area contributed by atoms with Crippen molar-refractivity contribution in [1.29, 1.82) is 0 Å². The Morgan fingerprint density at radius 1 is 1.23 bits per heavy atom. The molecular formula is C4H14KNO7. The summed E-state index contributed by atoms with van der Waals surface area (Å²) in [6, 6.07) is -1.29. The zero-order valence-electron chi connectivity index (χ0n) is 8.07. The molecule has 0 aromatic rings.